The molecule has 54 heavy (non-hydrogen) atoms. The lowest BCUT2D eigenvalue weighted by Crippen LogP contribution is -2.57. The van der Waals surface area contributed by atoms with Crippen LogP contribution in [0.2, 0.25) is 0 Å². The van der Waals surface area contributed by atoms with E-state index in [1.165, 1.54) is 13.8 Å². The van der Waals surface area contributed by atoms with E-state index in [2.05, 4.69) is 26.3 Å². The Morgan fingerprint density at radius 2 is 1.43 bits per heavy atom. The summed E-state index contributed by atoms with van der Waals surface area (Å²) in [6.07, 6.45) is 5.11. The lowest BCUT2D eigenvalue weighted by atomic mass is 9.98. The third-order valence-corrected chi connectivity index (χ3v) is 8.92. The first-order valence-corrected chi connectivity index (χ1v) is 18.5. The van der Waals surface area contributed by atoms with Crippen LogP contribution in [-0.4, -0.2) is 76.6 Å². The second kappa shape index (κ2) is 19.6. The summed E-state index contributed by atoms with van der Waals surface area (Å²) in [6, 6.07) is 11.9. The van der Waals surface area contributed by atoms with Gasteiger partial charge in [-0.05, 0) is 83.9 Å². The number of carbonyl (C=O) groups is 6. The van der Waals surface area contributed by atoms with E-state index in [0.717, 1.165) is 54.1 Å². The first-order chi connectivity index (χ1) is 25.7. The van der Waals surface area contributed by atoms with Crippen molar-refractivity contribution in [1.82, 2.24) is 26.3 Å². The number of esters is 2. The van der Waals surface area contributed by atoms with Crippen LogP contribution >= 0.6 is 0 Å². The first-order valence-electron chi connectivity index (χ1n) is 18.5. The van der Waals surface area contributed by atoms with Crippen LogP contribution in [0.1, 0.15) is 90.7 Å². The predicted octanol–water partition coefficient (Wildman–Crippen LogP) is 4.50. The number of aromatic nitrogens is 1. The van der Waals surface area contributed by atoms with Crippen LogP contribution in [-0.2, 0) is 51.2 Å². The summed E-state index contributed by atoms with van der Waals surface area (Å²) in [5, 5.41) is 11.3. The summed E-state index contributed by atoms with van der Waals surface area (Å²) in [7, 11) is 0. The summed E-state index contributed by atoms with van der Waals surface area (Å²) in [6.45, 7) is 7.99. The second-order valence-corrected chi connectivity index (χ2v) is 14.7. The van der Waals surface area contributed by atoms with Crippen LogP contribution in [0.25, 0.3) is 10.9 Å². The van der Waals surface area contributed by atoms with Crippen molar-refractivity contribution < 1.29 is 43.0 Å². The molecule has 1 fully saturated rings. The van der Waals surface area contributed by atoms with E-state index in [-0.39, 0.29) is 32.0 Å². The first kappa shape index (κ1) is 41.4. The summed E-state index contributed by atoms with van der Waals surface area (Å²) in [5.74, 6) is -3.31. The van der Waals surface area contributed by atoms with Crippen LogP contribution in [0.15, 0.2) is 60.8 Å². The highest BCUT2D eigenvalue weighted by molar-refractivity contribution is 5.95. The van der Waals surface area contributed by atoms with E-state index < -0.39 is 65.5 Å². The molecular weight excluding hydrogens is 694 g/mol. The quantitative estimate of drug-likeness (QED) is 0.104. The zero-order valence-corrected chi connectivity index (χ0v) is 31.7. The van der Waals surface area contributed by atoms with Crippen molar-refractivity contribution in [3.05, 3.63) is 71.9 Å². The van der Waals surface area contributed by atoms with Crippen molar-refractivity contribution in [2.75, 3.05) is 0 Å². The number of fused-ring (bicyclic) bond motifs is 1. The van der Waals surface area contributed by atoms with Gasteiger partial charge in [0.25, 0.3) is 0 Å². The predicted molar refractivity (Wildman–Crippen MR) is 201 cm³/mol. The number of hydrogen-bond acceptors (Lipinski definition) is 9. The molecule has 0 spiro atoms. The largest absolute Gasteiger partial charge is 0.462 e. The highest BCUT2D eigenvalue weighted by atomic mass is 16.6. The maximum Gasteiger partial charge on any atom is 0.408 e. The molecule has 1 aliphatic carbocycles. The smallest absolute Gasteiger partial charge is 0.408 e. The molecule has 14 nitrogen and oxygen atoms in total. The van der Waals surface area contributed by atoms with Gasteiger partial charge >= 0.3 is 18.0 Å². The number of ether oxygens (including phenoxy) is 3. The van der Waals surface area contributed by atoms with Crippen LogP contribution in [0.3, 0.4) is 0 Å². The highest BCUT2D eigenvalue weighted by Gasteiger charge is 2.31. The fraction of sp³-hybridized carbons (Fsp3) is 0.500. The maximum atomic E-state index is 13.7. The Hall–Kier alpha value is -5.40. The van der Waals surface area contributed by atoms with E-state index in [1.54, 1.807) is 39.1 Å². The van der Waals surface area contributed by atoms with Gasteiger partial charge in [-0.2, -0.15) is 0 Å². The monoisotopic (exact) mass is 747 g/mol. The zero-order chi connectivity index (χ0) is 39.3. The number of amides is 4. The van der Waals surface area contributed by atoms with Crippen molar-refractivity contribution >= 4 is 46.7 Å². The Kier molecular flexibility index (Phi) is 15.0. The summed E-state index contributed by atoms with van der Waals surface area (Å²) in [4.78, 5) is 82.1. The molecule has 5 N–H and O–H groups in total. The molecule has 1 aliphatic rings. The average Bonchev–Trinajstić information content (AvgIpc) is 3.54. The van der Waals surface area contributed by atoms with E-state index >= 15 is 0 Å². The standard InChI is InChI=1S/C40H53N5O9/c1-25(42-37(49)33(45-39(51)54-40(3,4)5)22-28-23-41-31-19-13-12-18-30(28)31)35(47)44-32(20-21-34(46)53-29-16-10-7-11-17-29)36(48)43-26(2)38(50)52-24-27-14-8-6-9-15-27/h6,8-9,12-15,18-19,23,25-26,29,32-33,41H,7,10-11,16-17,20-22,24H2,1-5H3,(H,42,49)(H,43,48)(H,44,47)(H,45,51)/t25-,26-,32+,33+/m1/s1. The lowest BCUT2D eigenvalue weighted by Gasteiger charge is -2.26. The van der Waals surface area contributed by atoms with Crippen molar-refractivity contribution in [3.8, 4) is 0 Å². The number of H-pyrrole nitrogens is 1. The molecule has 2 aromatic carbocycles. The average molecular weight is 748 g/mol. The molecule has 0 aliphatic heterocycles. The normalized spacial score (nSPS) is 15.5. The molecule has 14 heteroatoms. The molecular formula is C40H53N5O9. The maximum absolute atomic E-state index is 13.7. The molecule has 4 atom stereocenters. The summed E-state index contributed by atoms with van der Waals surface area (Å²) >= 11 is 0. The number of aromatic amines is 1. The van der Waals surface area contributed by atoms with Gasteiger partial charge in [0.2, 0.25) is 17.7 Å². The van der Waals surface area contributed by atoms with Crippen LogP contribution in [0, 0.1) is 0 Å². The molecule has 3 aromatic rings. The molecule has 0 bridgehead atoms. The van der Waals surface area contributed by atoms with Crippen LogP contribution in [0.5, 0.6) is 0 Å². The molecule has 4 amide bonds. The zero-order valence-electron chi connectivity index (χ0n) is 31.7. The number of nitrogens with one attached hydrogen (secondary N) is 5. The van der Waals surface area contributed by atoms with Crippen molar-refractivity contribution in [2.24, 2.45) is 0 Å². The second-order valence-electron chi connectivity index (χ2n) is 14.7. The SMILES string of the molecule is C[C@@H](NC(=O)[C@H](Cc1c[nH]c2ccccc12)NC(=O)OC(C)(C)C)C(=O)N[C@@H](CCC(=O)OC1CCCCC1)C(=O)N[C@H](C)C(=O)OCc1ccccc1. The van der Waals surface area contributed by atoms with E-state index in [4.69, 9.17) is 14.2 Å². The Morgan fingerprint density at radius 1 is 0.778 bits per heavy atom. The molecule has 0 unspecified atom stereocenters. The Bertz CT molecular complexity index is 1750. The Balaban J connectivity index is 1.42. The topological polar surface area (TPSA) is 194 Å². The Labute approximate surface area is 315 Å². The molecule has 1 heterocycles. The van der Waals surface area contributed by atoms with Gasteiger partial charge in [-0.25, -0.2) is 9.59 Å². The fourth-order valence-corrected chi connectivity index (χ4v) is 6.04. The third-order valence-electron chi connectivity index (χ3n) is 8.92. The molecule has 1 aromatic heterocycles. The van der Waals surface area contributed by atoms with E-state index in [1.807, 2.05) is 42.5 Å². The van der Waals surface area contributed by atoms with E-state index in [0.29, 0.717) is 0 Å². The molecule has 0 saturated heterocycles. The lowest BCUT2D eigenvalue weighted by molar-refractivity contribution is -0.151. The molecule has 4 rings (SSSR count). The molecule has 0 radical (unpaired) electrons. The van der Waals surface area contributed by atoms with Gasteiger partial charge in [-0.3, -0.25) is 19.2 Å². The number of benzene rings is 2. The Morgan fingerprint density at radius 3 is 2.13 bits per heavy atom. The van der Waals surface area contributed by atoms with Gasteiger partial charge in [-0.15, -0.1) is 0 Å². The van der Waals surface area contributed by atoms with Gasteiger partial charge < -0.3 is 40.5 Å². The van der Waals surface area contributed by atoms with Crippen LogP contribution < -0.4 is 21.3 Å². The molecule has 292 valence electrons. The highest BCUT2D eigenvalue weighted by Crippen LogP contribution is 2.22. The molecule has 1 saturated carbocycles. The van der Waals surface area contributed by atoms with Crippen LogP contribution in [0.4, 0.5) is 4.79 Å². The number of hydrogen-bond donors (Lipinski definition) is 5. The van der Waals surface area contributed by atoms with Gasteiger partial charge in [-0.1, -0.05) is 55.0 Å². The number of alkyl carbamates (subject to hydrolysis) is 1. The fourth-order valence-electron chi connectivity index (χ4n) is 6.04. The van der Waals surface area contributed by atoms with Gasteiger partial charge in [0.1, 0.15) is 42.5 Å². The summed E-state index contributed by atoms with van der Waals surface area (Å²) in [5.41, 5.74) is 1.55. The minimum absolute atomic E-state index is 0.00829. The van der Waals surface area contributed by atoms with Crippen molar-refractivity contribution in [1.29, 1.82) is 0 Å². The number of carbonyl (C=O) groups excluding carboxylic acids is 6. The minimum atomic E-state index is -1.26. The third kappa shape index (κ3) is 13.2. The van der Waals surface area contributed by atoms with E-state index in [9.17, 15) is 28.8 Å². The van der Waals surface area contributed by atoms with Gasteiger partial charge in [0.15, 0.2) is 0 Å². The minimum Gasteiger partial charge on any atom is -0.462 e. The van der Waals surface area contributed by atoms with Gasteiger partial charge in [0.05, 0.1) is 0 Å². The van der Waals surface area contributed by atoms with Gasteiger partial charge in [0, 0.05) is 29.9 Å². The summed E-state index contributed by atoms with van der Waals surface area (Å²) < 4.78 is 16.4. The van der Waals surface area contributed by atoms with Crippen molar-refractivity contribution in [3.63, 3.8) is 0 Å². The number of para-hydroxylation sites is 1. The van der Waals surface area contributed by atoms with Crippen molar-refractivity contribution in [2.45, 2.75) is 128 Å². The number of rotatable bonds is 16.